The fourth-order valence-electron chi connectivity index (χ4n) is 2.75. The van der Waals surface area contributed by atoms with Crippen LogP contribution in [-0.2, 0) is 0 Å². The molecule has 1 aromatic rings. The van der Waals surface area contributed by atoms with Crippen molar-refractivity contribution in [3.05, 3.63) is 30.3 Å². The number of rotatable bonds is 5. The molecule has 0 aliphatic carbocycles. The van der Waals surface area contributed by atoms with Gasteiger partial charge in [-0.15, -0.1) is 0 Å². The summed E-state index contributed by atoms with van der Waals surface area (Å²) in [6.07, 6.45) is 0.658. The van der Waals surface area contributed by atoms with Gasteiger partial charge in [-0.2, -0.15) is 0 Å². The zero-order valence-corrected chi connectivity index (χ0v) is 11.5. The van der Waals surface area contributed by atoms with Gasteiger partial charge in [0, 0.05) is 37.3 Å². The second-order valence-electron chi connectivity index (χ2n) is 5.35. The lowest BCUT2D eigenvalue weighted by molar-refractivity contribution is 0.105. The molecule has 1 fully saturated rings. The average Bonchev–Trinajstić information content (AvgIpc) is 2.45. The molecular weight excluding hydrogens is 240 g/mol. The van der Waals surface area contributed by atoms with Crippen LogP contribution in [0.15, 0.2) is 30.3 Å². The molecule has 0 aromatic heterocycles. The summed E-state index contributed by atoms with van der Waals surface area (Å²) in [6, 6.07) is 10.6. The molecule has 4 heteroatoms. The Morgan fingerprint density at radius 2 is 2.05 bits per heavy atom. The first-order chi connectivity index (χ1) is 9.20. The van der Waals surface area contributed by atoms with Gasteiger partial charge in [0.1, 0.15) is 0 Å². The van der Waals surface area contributed by atoms with E-state index in [-0.39, 0.29) is 18.6 Å². The normalized spacial score (nSPS) is 25.3. The Bertz CT molecular complexity index is 370. The highest BCUT2D eigenvalue weighted by Crippen LogP contribution is 2.25. The number of aliphatic hydroxyl groups is 2. The number of nitrogens with zero attached hydrogens (tertiary/aromatic N) is 1. The fourth-order valence-corrected chi connectivity index (χ4v) is 2.75. The summed E-state index contributed by atoms with van der Waals surface area (Å²) < 4.78 is 0. The highest BCUT2D eigenvalue weighted by Gasteiger charge is 2.29. The number of anilines is 1. The minimum Gasteiger partial charge on any atom is -0.395 e. The van der Waals surface area contributed by atoms with E-state index in [1.165, 1.54) is 5.69 Å². The van der Waals surface area contributed by atoms with Gasteiger partial charge in [0.2, 0.25) is 0 Å². The summed E-state index contributed by atoms with van der Waals surface area (Å²) in [6.45, 7) is 4.44. The lowest BCUT2D eigenvalue weighted by atomic mass is 9.90. The van der Waals surface area contributed by atoms with Gasteiger partial charge in [-0.05, 0) is 25.5 Å². The van der Waals surface area contributed by atoms with Gasteiger partial charge in [-0.25, -0.2) is 0 Å². The first-order valence-electron chi connectivity index (χ1n) is 7.03. The van der Waals surface area contributed by atoms with Crippen molar-refractivity contribution in [3.8, 4) is 0 Å². The van der Waals surface area contributed by atoms with E-state index >= 15 is 0 Å². The van der Waals surface area contributed by atoms with Crippen molar-refractivity contribution in [3.63, 3.8) is 0 Å². The minimum absolute atomic E-state index is 0.154. The van der Waals surface area contributed by atoms with Crippen molar-refractivity contribution in [2.75, 3.05) is 31.1 Å². The van der Waals surface area contributed by atoms with Gasteiger partial charge in [0.25, 0.3) is 0 Å². The van der Waals surface area contributed by atoms with E-state index in [0.29, 0.717) is 12.6 Å². The standard InChI is InChI=1S/C15H24N2O2/c1-12(19)13-9-14(16-7-8-18)11-17(10-13)15-5-3-2-4-6-15/h2-6,12-14,16,18-19H,7-11H2,1H3. The molecule has 1 aliphatic heterocycles. The van der Waals surface area contributed by atoms with Gasteiger partial charge in [0.15, 0.2) is 0 Å². The summed E-state index contributed by atoms with van der Waals surface area (Å²) in [4.78, 5) is 2.32. The first-order valence-corrected chi connectivity index (χ1v) is 7.03. The lowest BCUT2D eigenvalue weighted by Crippen LogP contribution is -2.52. The summed E-state index contributed by atoms with van der Waals surface area (Å²) in [5, 5.41) is 22.2. The molecule has 0 saturated carbocycles. The third-order valence-electron chi connectivity index (χ3n) is 3.83. The van der Waals surface area contributed by atoms with Gasteiger partial charge >= 0.3 is 0 Å². The SMILES string of the molecule is CC(O)C1CC(NCCO)CN(c2ccccc2)C1. The molecule has 2 rings (SSSR count). The van der Waals surface area contributed by atoms with Crippen LogP contribution < -0.4 is 10.2 Å². The number of aliphatic hydroxyl groups excluding tert-OH is 2. The predicted octanol–water partition coefficient (Wildman–Crippen LogP) is 0.844. The molecule has 4 nitrogen and oxygen atoms in total. The van der Waals surface area contributed by atoms with Gasteiger partial charge in [0.05, 0.1) is 12.7 Å². The Balaban J connectivity index is 2.06. The zero-order valence-electron chi connectivity index (χ0n) is 11.5. The van der Waals surface area contributed by atoms with Crippen molar-refractivity contribution >= 4 is 5.69 Å². The van der Waals surface area contributed by atoms with Crippen LogP contribution in [-0.4, -0.2) is 48.6 Å². The third kappa shape index (κ3) is 3.93. The summed E-state index contributed by atoms with van der Waals surface area (Å²) in [5.41, 5.74) is 1.20. The molecular formula is C15H24N2O2. The number of hydrogen-bond donors (Lipinski definition) is 3. The van der Waals surface area contributed by atoms with E-state index in [0.717, 1.165) is 19.5 Å². The van der Waals surface area contributed by atoms with Crippen molar-refractivity contribution in [2.24, 2.45) is 5.92 Å². The van der Waals surface area contributed by atoms with Crippen LogP contribution in [0.1, 0.15) is 13.3 Å². The van der Waals surface area contributed by atoms with Crippen molar-refractivity contribution in [2.45, 2.75) is 25.5 Å². The van der Waals surface area contributed by atoms with Gasteiger partial charge in [-0.1, -0.05) is 18.2 Å². The van der Waals surface area contributed by atoms with Crippen LogP contribution in [0.25, 0.3) is 0 Å². The minimum atomic E-state index is -0.301. The highest BCUT2D eigenvalue weighted by molar-refractivity contribution is 5.46. The molecule has 1 saturated heterocycles. The van der Waals surface area contributed by atoms with Crippen LogP contribution in [0.5, 0.6) is 0 Å². The van der Waals surface area contributed by atoms with Gasteiger partial charge < -0.3 is 20.4 Å². The highest BCUT2D eigenvalue weighted by atomic mass is 16.3. The van der Waals surface area contributed by atoms with Crippen LogP contribution >= 0.6 is 0 Å². The second kappa shape index (κ2) is 6.89. The van der Waals surface area contributed by atoms with E-state index in [2.05, 4.69) is 22.3 Å². The maximum absolute atomic E-state index is 9.88. The van der Waals surface area contributed by atoms with E-state index in [1.54, 1.807) is 0 Å². The predicted molar refractivity (Wildman–Crippen MR) is 77.3 cm³/mol. The number of benzene rings is 1. The van der Waals surface area contributed by atoms with Crippen LogP contribution in [0.4, 0.5) is 5.69 Å². The smallest absolute Gasteiger partial charge is 0.0557 e. The largest absolute Gasteiger partial charge is 0.395 e. The van der Waals surface area contributed by atoms with E-state index in [4.69, 9.17) is 5.11 Å². The Morgan fingerprint density at radius 1 is 1.32 bits per heavy atom. The van der Waals surface area contributed by atoms with Crippen molar-refractivity contribution in [1.82, 2.24) is 5.32 Å². The quantitative estimate of drug-likeness (QED) is 0.738. The molecule has 106 valence electrons. The molecule has 3 atom stereocenters. The van der Waals surface area contributed by atoms with Crippen LogP contribution in [0.2, 0.25) is 0 Å². The van der Waals surface area contributed by atoms with Crippen molar-refractivity contribution in [1.29, 1.82) is 0 Å². The third-order valence-corrected chi connectivity index (χ3v) is 3.83. The van der Waals surface area contributed by atoms with E-state index in [9.17, 15) is 5.11 Å². The molecule has 1 aliphatic rings. The number of hydrogen-bond acceptors (Lipinski definition) is 4. The number of piperidine rings is 1. The zero-order chi connectivity index (χ0) is 13.7. The number of para-hydroxylation sites is 1. The van der Waals surface area contributed by atoms with E-state index in [1.807, 2.05) is 25.1 Å². The number of nitrogens with one attached hydrogen (secondary N) is 1. The summed E-state index contributed by atoms with van der Waals surface area (Å²) in [7, 11) is 0. The van der Waals surface area contributed by atoms with Crippen molar-refractivity contribution < 1.29 is 10.2 Å². The molecule has 3 unspecified atom stereocenters. The topological polar surface area (TPSA) is 55.7 Å². The summed E-state index contributed by atoms with van der Waals surface area (Å²) >= 11 is 0. The monoisotopic (exact) mass is 264 g/mol. The maximum atomic E-state index is 9.88. The van der Waals surface area contributed by atoms with Crippen LogP contribution in [0, 0.1) is 5.92 Å². The summed E-state index contributed by atoms with van der Waals surface area (Å²) in [5.74, 6) is 0.269. The maximum Gasteiger partial charge on any atom is 0.0557 e. The van der Waals surface area contributed by atoms with E-state index < -0.39 is 0 Å². The first kappa shape index (κ1) is 14.3. The Hall–Kier alpha value is -1.10. The molecule has 1 aromatic carbocycles. The fraction of sp³-hybridized carbons (Fsp3) is 0.600. The lowest BCUT2D eigenvalue weighted by Gasteiger charge is -2.40. The molecule has 0 bridgehead atoms. The van der Waals surface area contributed by atoms with Crippen LogP contribution in [0.3, 0.4) is 0 Å². The average molecular weight is 264 g/mol. The molecule has 0 radical (unpaired) electrons. The molecule has 3 N–H and O–H groups in total. The Morgan fingerprint density at radius 3 is 2.68 bits per heavy atom. The Labute approximate surface area is 115 Å². The molecule has 1 heterocycles. The molecule has 19 heavy (non-hydrogen) atoms. The Kier molecular flexibility index (Phi) is 5.19. The molecule has 0 spiro atoms. The van der Waals surface area contributed by atoms with Gasteiger partial charge in [-0.3, -0.25) is 0 Å². The second-order valence-corrected chi connectivity index (χ2v) is 5.35. The molecule has 0 amide bonds.